The zero-order valence-electron chi connectivity index (χ0n) is 19.1. The van der Waals surface area contributed by atoms with E-state index >= 15 is 0 Å². The number of amides is 1. The van der Waals surface area contributed by atoms with E-state index in [2.05, 4.69) is 16.0 Å². The van der Waals surface area contributed by atoms with E-state index < -0.39 is 0 Å². The maximum absolute atomic E-state index is 12.4. The number of carbonyl (C=O) groups is 1. The second-order valence-electron chi connectivity index (χ2n) is 8.15. The summed E-state index contributed by atoms with van der Waals surface area (Å²) in [6.07, 6.45) is 2.51. The summed E-state index contributed by atoms with van der Waals surface area (Å²) in [4.78, 5) is 17.2. The van der Waals surface area contributed by atoms with Crippen molar-refractivity contribution in [3.8, 4) is 5.75 Å². The number of ether oxygens (including phenoxy) is 1. The van der Waals surface area contributed by atoms with E-state index in [1.165, 1.54) is 0 Å². The van der Waals surface area contributed by atoms with Crippen LogP contribution in [0, 0.1) is 6.92 Å². The second kappa shape index (κ2) is 11.4. The third-order valence-corrected chi connectivity index (χ3v) is 6.29. The van der Waals surface area contributed by atoms with Gasteiger partial charge in [0.25, 0.3) is 5.91 Å². The number of carbonyl (C=O) groups excluding carboxylic acids is 1. The van der Waals surface area contributed by atoms with Gasteiger partial charge in [0, 0.05) is 35.1 Å². The molecule has 0 saturated heterocycles. The Labute approximate surface area is 209 Å². The van der Waals surface area contributed by atoms with Crippen LogP contribution in [0.2, 0.25) is 10.0 Å². The molecule has 1 heterocycles. The number of hydrogen-bond acceptors (Lipinski definition) is 3. The fourth-order valence-corrected chi connectivity index (χ4v) is 4.16. The molecule has 0 radical (unpaired) electrons. The van der Waals surface area contributed by atoms with E-state index in [0.29, 0.717) is 30.2 Å². The van der Waals surface area contributed by atoms with Crippen LogP contribution in [0.1, 0.15) is 34.6 Å². The molecule has 176 valence electrons. The highest BCUT2D eigenvalue weighted by molar-refractivity contribution is 6.31. The van der Waals surface area contributed by atoms with Gasteiger partial charge in [-0.1, -0.05) is 41.4 Å². The summed E-state index contributed by atoms with van der Waals surface area (Å²) in [6, 6.07) is 20.8. The van der Waals surface area contributed by atoms with Crippen LogP contribution in [-0.2, 0) is 13.0 Å². The lowest BCUT2D eigenvalue weighted by atomic mass is 10.2. The molecular weight excluding hydrogens is 469 g/mol. The Bertz CT molecular complexity index is 1290. The Morgan fingerprint density at radius 3 is 2.71 bits per heavy atom. The molecule has 0 unspecified atom stereocenters. The van der Waals surface area contributed by atoms with Crippen LogP contribution in [-0.4, -0.2) is 28.6 Å². The zero-order valence-corrected chi connectivity index (χ0v) is 20.6. The van der Waals surface area contributed by atoms with Crippen molar-refractivity contribution in [1.82, 2.24) is 14.9 Å². The number of para-hydroxylation sites is 2. The predicted octanol–water partition coefficient (Wildman–Crippen LogP) is 6.48. The molecular formula is C27H27Cl2N3O2. The molecule has 34 heavy (non-hydrogen) atoms. The molecule has 0 spiro atoms. The predicted molar refractivity (Wildman–Crippen MR) is 138 cm³/mol. The number of rotatable bonds is 10. The summed E-state index contributed by atoms with van der Waals surface area (Å²) in [6.45, 7) is 3.94. The van der Waals surface area contributed by atoms with Gasteiger partial charge in [-0.15, -0.1) is 0 Å². The van der Waals surface area contributed by atoms with E-state index in [4.69, 9.17) is 32.9 Å². The smallest absolute Gasteiger partial charge is 0.251 e. The van der Waals surface area contributed by atoms with Crippen molar-refractivity contribution in [2.24, 2.45) is 0 Å². The van der Waals surface area contributed by atoms with Gasteiger partial charge >= 0.3 is 0 Å². The molecule has 5 nitrogen and oxygen atoms in total. The molecule has 0 atom stereocenters. The van der Waals surface area contributed by atoms with E-state index in [1.54, 1.807) is 24.3 Å². The first-order valence-corrected chi connectivity index (χ1v) is 12.1. The van der Waals surface area contributed by atoms with Crippen LogP contribution in [0.25, 0.3) is 11.0 Å². The molecule has 4 aromatic rings. The van der Waals surface area contributed by atoms with Crippen LogP contribution < -0.4 is 10.1 Å². The highest BCUT2D eigenvalue weighted by atomic mass is 35.5. The van der Waals surface area contributed by atoms with Gasteiger partial charge < -0.3 is 14.6 Å². The van der Waals surface area contributed by atoms with Gasteiger partial charge in [-0.25, -0.2) is 4.98 Å². The van der Waals surface area contributed by atoms with Gasteiger partial charge in [0.2, 0.25) is 0 Å². The molecule has 0 bridgehead atoms. The van der Waals surface area contributed by atoms with Gasteiger partial charge in [-0.3, -0.25) is 4.79 Å². The molecule has 1 N–H and O–H groups in total. The van der Waals surface area contributed by atoms with Crippen LogP contribution >= 0.6 is 23.2 Å². The third-order valence-electron chi connectivity index (χ3n) is 5.63. The van der Waals surface area contributed by atoms with Crippen molar-refractivity contribution >= 4 is 40.1 Å². The summed E-state index contributed by atoms with van der Waals surface area (Å²) in [5.74, 6) is 1.66. The summed E-state index contributed by atoms with van der Waals surface area (Å²) >= 11 is 12.1. The second-order valence-corrected chi connectivity index (χ2v) is 8.99. The molecule has 0 aliphatic carbocycles. The summed E-state index contributed by atoms with van der Waals surface area (Å²) in [5, 5.41) is 4.26. The van der Waals surface area contributed by atoms with Gasteiger partial charge in [0.05, 0.1) is 17.6 Å². The first kappa shape index (κ1) is 24.1. The molecule has 7 heteroatoms. The summed E-state index contributed by atoms with van der Waals surface area (Å²) in [5.41, 5.74) is 3.63. The van der Waals surface area contributed by atoms with Crippen molar-refractivity contribution < 1.29 is 9.53 Å². The minimum atomic E-state index is -0.139. The van der Waals surface area contributed by atoms with E-state index in [1.807, 2.05) is 43.3 Å². The highest BCUT2D eigenvalue weighted by Crippen LogP contribution is 2.22. The molecule has 0 saturated carbocycles. The van der Waals surface area contributed by atoms with Crippen LogP contribution in [0.5, 0.6) is 5.75 Å². The van der Waals surface area contributed by atoms with Gasteiger partial charge in [-0.2, -0.15) is 0 Å². The number of benzene rings is 3. The topological polar surface area (TPSA) is 56.1 Å². The van der Waals surface area contributed by atoms with Crippen LogP contribution in [0.15, 0.2) is 66.7 Å². The van der Waals surface area contributed by atoms with Crippen LogP contribution in [0.4, 0.5) is 0 Å². The first-order valence-electron chi connectivity index (χ1n) is 11.4. The van der Waals surface area contributed by atoms with Gasteiger partial charge in [0.1, 0.15) is 11.6 Å². The lowest BCUT2D eigenvalue weighted by Crippen LogP contribution is -2.26. The highest BCUT2D eigenvalue weighted by Gasteiger charge is 2.12. The monoisotopic (exact) mass is 495 g/mol. The lowest BCUT2D eigenvalue weighted by Gasteiger charge is -2.11. The van der Waals surface area contributed by atoms with E-state index in [9.17, 15) is 4.79 Å². The molecule has 1 amide bonds. The van der Waals surface area contributed by atoms with Gasteiger partial charge in [0.15, 0.2) is 0 Å². The number of halogens is 2. The number of unbranched alkanes of at least 4 members (excludes halogenated alkanes) is 1. The van der Waals surface area contributed by atoms with Gasteiger partial charge in [-0.05, 0) is 73.9 Å². The van der Waals surface area contributed by atoms with Crippen molar-refractivity contribution in [1.29, 1.82) is 0 Å². The molecule has 0 aliphatic rings. The maximum atomic E-state index is 12.4. The van der Waals surface area contributed by atoms with Crippen molar-refractivity contribution in [3.63, 3.8) is 0 Å². The van der Waals surface area contributed by atoms with Crippen molar-refractivity contribution in [2.75, 3.05) is 13.2 Å². The normalized spacial score (nSPS) is 11.0. The number of aromatic nitrogens is 2. The molecule has 0 aliphatic heterocycles. The number of hydrogen-bond donors (Lipinski definition) is 1. The zero-order chi connectivity index (χ0) is 23.9. The standard InChI is InChI=1S/C27H27Cl2N3O2/c1-19-17-22(11-12-23(19)29)34-16-5-4-15-32-25-10-3-2-9-24(25)31-26(32)13-14-30-27(33)20-7-6-8-21(28)18-20/h2-3,6-12,17-18H,4-5,13-16H2,1H3,(H,30,33). The third kappa shape index (κ3) is 6.10. The Morgan fingerprint density at radius 2 is 1.88 bits per heavy atom. The van der Waals surface area contributed by atoms with E-state index in [0.717, 1.165) is 52.6 Å². The Hall–Kier alpha value is -3.02. The largest absolute Gasteiger partial charge is 0.494 e. The average molecular weight is 496 g/mol. The molecule has 1 aromatic heterocycles. The lowest BCUT2D eigenvalue weighted by molar-refractivity contribution is 0.0954. The molecule has 4 rings (SSSR count). The average Bonchev–Trinajstić information content (AvgIpc) is 3.18. The number of aryl methyl sites for hydroxylation is 2. The fourth-order valence-electron chi connectivity index (χ4n) is 3.85. The first-order chi connectivity index (χ1) is 16.5. The SMILES string of the molecule is Cc1cc(OCCCCn2c(CCNC(=O)c3cccc(Cl)c3)nc3ccccc32)ccc1Cl. The Kier molecular flexibility index (Phi) is 8.09. The number of imidazole rings is 1. The number of nitrogens with one attached hydrogen (secondary N) is 1. The van der Waals surface area contributed by atoms with Crippen molar-refractivity contribution in [2.45, 2.75) is 32.7 Å². The quantitative estimate of drug-likeness (QED) is 0.256. The van der Waals surface area contributed by atoms with Crippen LogP contribution in [0.3, 0.4) is 0 Å². The van der Waals surface area contributed by atoms with Crippen molar-refractivity contribution in [3.05, 3.63) is 93.7 Å². The minimum Gasteiger partial charge on any atom is -0.494 e. The fraction of sp³-hybridized carbons (Fsp3) is 0.259. The summed E-state index contributed by atoms with van der Waals surface area (Å²) in [7, 11) is 0. The number of fused-ring (bicyclic) bond motifs is 1. The molecule has 0 fully saturated rings. The summed E-state index contributed by atoms with van der Waals surface area (Å²) < 4.78 is 8.12. The van der Waals surface area contributed by atoms with E-state index in [-0.39, 0.29) is 5.91 Å². The molecule has 3 aromatic carbocycles. The number of nitrogens with zero attached hydrogens (tertiary/aromatic N) is 2. The minimum absolute atomic E-state index is 0.139. The maximum Gasteiger partial charge on any atom is 0.251 e. The Balaban J connectivity index is 1.33. The Morgan fingerprint density at radius 1 is 1.03 bits per heavy atom.